The van der Waals surface area contributed by atoms with E-state index in [4.69, 9.17) is 0 Å². The van der Waals surface area contributed by atoms with Gasteiger partial charge in [0.15, 0.2) is 0 Å². The van der Waals surface area contributed by atoms with Gasteiger partial charge in [0.05, 0.1) is 0 Å². The molecule has 0 spiro atoms. The molecule has 1 heterocycles. The molecule has 1 N–H and O–H groups in total. The second-order valence-corrected chi connectivity index (χ2v) is 3.41. The normalized spacial score (nSPS) is 23.7. The highest BCUT2D eigenvalue weighted by Crippen LogP contribution is 2.15. The molecule has 1 aliphatic heterocycles. The molecule has 0 aromatic rings. The van der Waals surface area contributed by atoms with Crippen LogP contribution in [-0.4, -0.2) is 18.1 Å². The van der Waals surface area contributed by atoms with Crippen molar-refractivity contribution in [2.24, 2.45) is 0 Å². The Kier molecular flexibility index (Phi) is 2.58. The summed E-state index contributed by atoms with van der Waals surface area (Å²) >= 11 is 0. The maximum absolute atomic E-state index is 11.5. The summed E-state index contributed by atoms with van der Waals surface area (Å²) in [5.41, 5.74) is 0. The van der Waals surface area contributed by atoms with Crippen LogP contribution in [0.2, 0.25) is 0 Å². The van der Waals surface area contributed by atoms with Gasteiger partial charge in [-0.25, -0.2) is 0 Å². The van der Waals surface area contributed by atoms with E-state index in [-0.39, 0.29) is 0 Å². The average Bonchev–Trinajstić information content (AvgIpc) is 2.32. The predicted molar refractivity (Wildman–Crippen MR) is 40.1 cm³/mol. The lowest BCUT2D eigenvalue weighted by atomic mass is 10.5. The van der Waals surface area contributed by atoms with Crippen molar-refractivity contribution < 1.29 is 13.2 Å². The first-order valence-electron chi connectivity index (χ1n) is 2.97. The highest BCUT2D eigenvalue weighted by molar-refractivity contribution is 8.17. The molecule has 0 aromatic carbocycles. The van der Waals surface area contributed by atoms with E-state index in [1.807, 2.05) is 0 Å². The topological polar surface area (TPSA) is 12.0 Å². The van der Waals surface area contributed by atoms with E-state index in [2.05, 4.69) is 9.97 Å². The largest absolute Gasteiger partial charge is 0.458 e. The van der Waals surface area contributed by atoms with Crippen LogP contribution < -0.4 is 4.72 Å². The van der Waals surface area contributed by atoms with Crippen LogP contribution in [0.4, 0.5) is 13.2 Å². The Hall–Kier alpha value is -0.470. The smallest absolute Gasteiger partial charge is 0.259 e. The SMILES string of the molecule is FC(F)(F)C#CS1=CCCN1. The van der Waals surface area contributed by atoms with E-state index in [9.17, 15) is 13.2 Å². The van der Waals surface area contributed by atoms with E-state index in [1.165, 1.54) is 5.92 Å². The molecule has 1 rings (SSSR count). The maximum atomic E-state index is 11.5. The third-order valence-corrected chi connectivity index (χ3v) is 2.40. The summed E-state index contributed by atoms with van der Waals surface area (Å²) in [5, 5.41) is 3.87. The van der Waals surface area contributed by atoms with E-state index in [1.54, 1.807) is 5.37 Å². The number of alkyl halides is 3. The van der Waals surface area contributed by atoms with Gasteiger partial charge in [0.1, 0.15) is 0 Å². The lowest BCUT2D eigenvalue weighted by Crippen LogP contribution is -2.02. The standard InChI is InChI=1S/C6H6F3NS/c7-6(8,9)2-5-11-4-1-3-10-11/h4,10H,1,3H2. The zero-order chi connectivity index (χ0) is 8.32. The number of hydrogen-bond donors (Lipinski definition) is 1. The summed E-state index contributed by atoms with van der Waals surface area (Å²) in [6.45, 7) is 0.732. The molecule has 62 valence electrons. The Morgan fingerprint density at radius 3 is 2.64 bits per heavy atom. The van der Waals surface area contributed by atoms with Gasteiger partial charge in [-0.05, 0) is 27.7 Å². The molecule has 0 aliphatic carbocycles. The molecular formula is C6H6F3NS. The minimum absolute atomic E-state index is 0.630. The number of halogens is 3. The minimum Gasteiger partial charge on any atom is -0.259 e. The summed E-state index contributed by atoms with van der Waals surface area (Å²) in [4.78, 5) is 0. The highest BCUT2D eigenvalue weighted by Gasteiger charge is 2.23. The Bertz CT molecular complexity index is 232. The van der Waals surface area contributed by atoms with Gasteiger partial charge < -0.3 is 0 Å². The van der Waals surface area contributed by atoms with Gasteiger partial charge >= 0.3 is 6.18 Å². The van der Waals surface area contributed by atoms with Gasteiger partial charge in [-0.3, -0.25) is 4.72 Å². The third-order valence-electron chi connectivity index (χ3n) is 0.989. The maximum Gasteiger partial charge on any atom is 0.458 e. The molecule has 0 radical (unpaired) electrons. The first kappa shape index (κ1) is 8.62. The number of nitrogens with one attached hydrogen (secondary N) is 1. The summed E-state index contributed by atoms with van der Waals surface area (Å²) < 4.78 is 37.3. The van der Waals surface area contributed by atoms with Crippen molar-refractivity contribution in [3.05, 3.63) is 0 Å². The van der Waals surface area contributed by atoms with Crippen LogP contribution in [0.5, 0.6) is 0 Å². The molecule has 0 saturated heterocycles. The van der Waals surface area contributed by atoms with Gasteiger partial charge in [0, 0.05) is 12.5 Å². The summed E-state index contributed by atoms with van der Waals surface area (Å²) in [6, 6.07) is 0. The molecule has 0 bridgehead atoms. The molecule has 1 atom stereocenters. The Balaban J connectivity index is 2.56. The van der Waals surface area contributed by atoms with Crippen LogP contribution in [0, 0.1) is 11.2 Å². The molecule has 1 nitrogen and oxygen atoms in total. The Morgan fingerprint density at radius 2 is 2.18 bits per heavy atom. The molecule has 0 saturated carbocycles. The lowest BCUT2D eigenvalue weighted by molar-refractivity contribution is -0.0695. The second-order valence-electron chi connectivity index (χ2n) is 1.91. The second kappa shape index (κ2) is 3.28. The van der Waals surface area contributed by atoms with Gasteiger partial charge in [-0.1, -0.05) is 0 Å². The van der Waals surface area contributed by atoms with Crippen molar-refractivity contribution in [1.29, 1.82) is 0 Å². The van der Waals surface area contributed by atoms with Gasteiger partial charge in [-0.2, -0.15) is 13.2 Å². The van der Waals surface area contributed by atoms with Crippen LogP contribution in [0.3, 0.4) is 0 Å². The Labute approximate surface area is 65.0 Å². The zero-order valence-electron chi connectivity index (χ0n) is 5.53. The van der Waals surface area contributed by atoms with Gasteiger partial charge in [0.25, 0.3) is 0 Å². The van der Waals surface area contributed by atoms with Crippen LogP contribution >= 0.6 is 10.7 Å². The fourth-order valence-electron chi connectivity index (χ4n) is 0.595. The number of rotatable bonds is 0. The molecular weight excluding hydrogens is 175 g/mol. The van der Waals surface area contributed by atoms with Crippen LogP contribution in [-0.2, 0) is 0 Å². The molecule has 0 fully saturated rings. The lowest BCUT2D eigenvalue weighted by Gasteiger charge is -1.94. The van der Waals surface area contributed by atoms with Crippen LogP contribution in [0.15, 0.2) is 0 Å². The highest BCUT2D eigenvalue weighted by atomic mass is 32.2. The van der Waals surface area contributed by atoms with Crippen molar-refractivity contribution in [3.8, 4) is 11.2 Å². The number of hydrogen-bond acceptors (Lipinski definition) is 1. The molecule has 1 unspecified atom stereocenters. The van der Waals surface area contributed by atoms with Crippen molar-refractivity contribution >= 4 is 16.0 Å². The Morgan fingerprint density at radius 1 is 1.45 bits per heavy atom. The third kappa shape index (κ3) is 3.44. The van der Waals surface area contributed by atoms with Crippen molar-refractivity contribution in [2.45, 2.75) is 12.6 Å². The fourth-order valence-corrected chi connectivity index (χ4v) is 1.79. The van der Waals surface area contributed by atoms with E-state index in [0.717, 1.165) is 13.0 Å². The van der Waals surface area contributed by atoms with Crippen molar-refractivity contribution in [2.75, 3.05) is 6.54 Å². The van der Waals surface area contributed by atoms with E-state index >= 15 is 0 Å². The first-order chi connectivity index (χ1) is 5.08. The monoisotopic (exact) mass is 181 g/mol. The van der Waals surface area contributed by atoms with Crippen LogP contribution in [0.1, 0.15) is 6.42 Å². The molecule has 11 heavy (non-hydrogen) atoms. The zero-order valence-corrected chi connectivity index (χ0v) is 6.35. The van der Waals surface area contributed by atoms with Crippen molar-refractivity contribution in [1.82, 2.24) is 4.72 Å². The molecule has 0 amide bonds. The predicted octanol–water partition coefficient (Wildman–Crippen LogP) is 1.49. The minimum atomic E-state index is -4.36. The van der Waals surface area contributed by atoms with Gasteiger partial charge in [0.2, 0.25) is 0 Å². The summed E-state index contributed by atoms with van der Waals surface area (Å²) in [6.07, 6.45) is -3.55. The average molecular weight is 181 g/mol. The van der Waals surface area contributed by atoms with E-state index in [0.29, 0.717) is 0 Å². The first-order valence-corrected chi connectivity index (χ1v) is 4.26. The van der Waals surface area contributed by atoms with Crippen molar-refractivity contribution in [3.63, 3.8) is 0 Å². The van der Waals surface area contributed by atoms with E-state index < -0.39 is 16.8 Å². The molecule has 1 aliphatic rings. The summed E-state index contributed by atoms with van der Waals surface area (Å²) in [7, 11) is -0.630. The van der Waals surface area contributed by atoms with Gasteiger partial charge in [-0.15, -0.1) is 0 Å². The quantitative estimate of drug-likeness (QED) is 0.441. The fraction of sp³-hybridized carbons (Fsp3) is 0.500. The summed E-state index contributed by atoms with van der Waals surface area (Å²) in [5.74, 6) is 1.23. The van der Waals surface area contributed by atoms with Crippen LogP contribution in [0.25, 0.3) is 0 Å². The molecule has 0 aromatic heterocycles. The molecule has 5 heteroatoms.